The van der Waals surface area contributed by atoms with Crippen molar-refractivity contribution in [3.63, 3.8) is 0 Å². The van der Waals surface area contributed by atoms with Gasteiger partial charge in [0, 0.05) is 18.7 Å². The van der Waals surface area contributed by atoms with Crippen LogP contribution in [0.3, 0.4) is 0 Å². The summed E-state index contributed by atoms with van der Waals surface area (Å²) >= 11 is 0. The van der Waals surface area contributed by atoms with Crippen LogP contribution in [-0.4, -0.2) is 24.8 Å². The second kappa shape index (κ2) is 6.68. The van der Waals surface area contributed by atoms with Crippen LogP contribution in [-0.2, 0) is 4.74 Å². The molecule has 0 radical (unpaired) electrons. The minimum absolute atomic E-state index is 0.0678. The highest BCUT2D eigenvalue weighted by atomic mass is 16.5. The molecule has 2 unspecified atom stereocenters. The Morgan fingerprint density at radius 2 is 2.50 bits per heavy atom. The van der Waals surface area contributed by atoms with Crippen molar-refractivity contribution in [2.24, 2.45) is 11.8 Å². The molecule has 18 heavy (non-hydrogen) atoms. The zero-order valence-electron chi connectivity index (χ0n) is 10.8. The Bertz CT molecular complexity index is 367. The van der Waals surface area contributed by atoms with Crippen LogP contribution in [0.4, 0.5) is 0 Å². The Morgan fingerprint density at radius 1 is 1.61 bits per heavy atom. The summed E-state index contributed by atoms with van der Waals surface area (Å²) in [5.41, 5.74) is 3.94. The third-order valence-electron chi connectivity index (χ3n) is 3.25. The van der Waals surface area contributed by atoms with Crippen molar-refractivity contribution in [1.82, 2.24) is 10.4 Å². The van der Waals surface area contributed by atoms with Gasteiger partial charge in [0.2, 0.25) is 0 Å². The molecule has 2 heterocycles. The normalized spacial score (nSPS) is 21.6. The highest BCUT2D eigenvalue weighted by Gasteiger charge is 2.25. The molecule has 2 atom stereocenters. The number of nitrogens with one attached hydrogen (secondary N) is 1. The second-order valence-electron chi connectivity index (χ2n) is 4.51. The first-order valence-corrected chi connectivity index (χ1v) is 6.46. The van der Waals surface area contributed by atoms with Gasteiger partial charge in [-0.2, -0.15) is 0 Å². The molecule has 2 rings (SSSR count). The van der Waals surface area contributed by atoms with Crippen molar-refractivity contribution < 1.29 is 9.47 Å². The molecule has 1 saturated heterocycles. The number of nitrogens with zero attached hydrogens (tertiary/aromatic N) is 1. The SMILES string of the molecule is CCOc1cncc(C(NN)C2CCCOC2)c1. The maximum atomic E-state index is 5.69. The molecule has 0 bridgehead atoms. The quantitative estimate of drug-likeness (QED) is 0.611. The minimum Gasteiger partial charge on any atom is -0.492 e. The molecule has 0 aromatic carbocycles. The summed E-state index contributed by atoms with van der Waals surface area (Å²) in [6.07, 6.45) is 5.76. The standard InChI is InChI=1S/C13H21N3O2/c1-2-18-12-6-11(7-15-8-12)13(16-14)10-4-3-5-17-9-10/h6-8,10,13,16H,2-5,9,14H2,1H3. The third kappa shape index (κ3) is 3.19. The summed E-state index contributed by atoms with van der Waals surface area (Å²) in [5.74, 6) is 6.86. The van der Waals surface area contributed by atoms with E-state index in [1.807, 2.05) is 19.2 Å². The summed E-state index contributed by atoms with van der Waals surface area (Å²) in [5, 5.41) is 0. The Kier molecular flexibility index (Phi) is 4.92. The highest BCUT2D eigenvalue weighted by molar-refractivity contribution is 5.26. The fourth-order valence-electron chi connectivity index (χ4n) is 2.38. The number of nitrogens with two attached hydrogens (primary N) is 1. The van der Waals surface area contributed by atoms with Crippen LogP contribution < -0.4 is 16.0 Å². The van der Waals surface area contributed by atoms with Crippen molar-refractivity contribution in [1.29, 1.82) is 0 Å². The molecule has 100 valence electrons. The van der Waals surface area contributed by atoms with Crippen LogP contribution >= 0.6 is 0 Å². The lowest BCUT2D eigenvalue weighted by molar-refractivity contribution is 0.0389. The first-order chi connectivity index (χ1) is 8.85. The van der Waals surface area contributed by atoms with Crippen molar-refractivity contribution in [2.75, 3.05) is 19.8 Å². The van der Waals surface area contributed by atoms with Crippen molar-refractivity contribution in [3.05, 3.63) is 24.0 Å². The molecule has 1 aromatic rings. The molecule has 0 amide bonds. The molecular weight excluding hydrogens is 230 g/mol. The number of hydrogen-bond acceptors (Lipinski definition) is 5. The van der Waals surface area contributed by atoms with Gasteiger partial charge in [0.25, 0.3) is 0 Å². The van der Waals surface area contributed by atoms with Gasteiger partial charge in [-0.05, 0) is 31.4 Å². The third-order valence-corrected chi connectivity index (χ3v) is 3.25. The van der Waals surface area contributed by atoms with Crippen molar-refractivity contribution >= 4 is 0 Å². The largest absolute Gasteiger partial charge is 0.492 e. The van der Waals surface area contributed by atoms with Gasteiger partial charge in [0.05, 0.1) is 25.5 Å². The van der Waals surface area contributed by atoms with Gasteiger partial charge in [0.15, 0.2) is 0 Å². The van der Waals surface area contributed by atoms with E-state index in [9.17, 15) is 0 Å². The van der Waals surface area contributed by atoms with E-state index in [1.54, 1.807) is 6.20 Å². The lowest BCUT2D eigenvalue weighted by atomic mass is 9.90. The van der Waals surface area contributed by atoms with Crippen molar-refractivity contribution in [3.8, 4) is 5.75 Å². The maximum Gasteiger partial charge on any atom is 0.137 e. The van der Waals surface area contributed by atoms with E-state index in [0.29, 0.717) is 12.5 Å². The zero-order valence-corrected chi connectivity index (χ0v) is 10.8. The average molecular weight is 251 g/mol. The van der Waals surface area contributed by atoms with Gasteiger partial charge in [-0.1, -0.05) is 0 Å². The van der Waals surface area contributed by atoms with Crippen LogP contribution in [0.15, 0.2) is 18.5 Å². The first-order valence-electron chi connectivity index (χ1n) is 6.46. The Balaban J connectivity index is 2.12. The number of pyridine rings is 1. The number of ether oxygens (including phenoxy) is 2. The molecule has 5 nitrogen and oxygen atoms in total. The monoisotopic (exact) mass is 251 g/mol. The Labute approximate surface area is 108 Å². The predicted octanol–water partition coefficient (Wildman–Crippen LogP) is 1.41. The zero-order chi connectivity index (χ0) is 12.8. The number of rotatable bonds is 5. The van der Waals surface area contributed by atoms with Crippen molar-refractivity contribution in [2.45, 2.75) is 25.8 Å². The lowest BCUT2D eigenvalue weighted by Gasteiger charge is -2.29. The van der Waals surface area contributed by atoms with Crippen LogP contribution in [0.5, 0.6) is 5.75 Å². The fourth-order valence-corrected chi connectivity index (χ4v) is 2.38. The van der Waals surface area contributed by atoms with Gasteiger partial charge < -0.3 is 9.47 Å². The van der Waals surface area contributed by atoms with E-state index in [-0.39, 0.29) is 6.04 Å². The molecular formula is C13H21N3O2. The van der Waals surface area contributed by atoms with E-state index in [4.69, 9.17) is 15.3 Å². The fraction of sp³-hybridized carbons (Fsp3) is 0.615. The summed E-state index contributed by atoms with van der Waals surface area (Å²) < 4.78 is 11.0. The minimum atomic E-state index is 0.0678. The van der Waals surface area contributed by atoms with Crippen LogP contribution in [0.25, 0.3) is 0 Å². The molecule has 0 spiro atoms. The summed E-state index contributed by atoms with van der Waals surface area (Å²) in [4.78, 5) is 4.21. The van der Waals surface area contributed by atoms with Gasteiger partial charge in [-0.15, -0.1) is 0 Å². The lowest BCUT2D eigenvalue weighted by Crippen LogP contribution is -2.37. The molecule has 0 aliphatic carbocycles. The molecule has 1 aromatic heterocycles. The molecule has 0 saturated carbocycles. The molecule has 3 N–H and O–H groups in total. The molecule has 1 aliphatic rings. The van der Waals surface area contributed by atoms with Crippen LogP contribution in [0.2, 0.25) is 0 Å². The number of aromatic nitrogens is 1. The predicted molar refractivity (Wildman–Crippen MR) is 69.0 cm³/mol. The van der Waals surface area contributed by atoms with Gasteiger partial charge in [0.1, 0.15) is 5.75 Å². The van der Waals surface area contributed by atoms with Crippen LogP contribution in [0, 0.1) is 5.92 Å². The Morgan fingerprint density at radius 3 is 3.17 bits per heavy atom. The second-order valence-corrected chi connectivity index (χ2v) is 4.51. The van der Waals surface area contributed by atoms with Crippen LogP contribution in [0.1, 0.15) is 31.4 Å². The topological polar surface area (TPSA) is 69.4 Å². The average Bonchev–Trinajstić information content (AvgIpc) is 2.42. The molecule has 1 aliphatic heterocycles. The van der Waals surface area contributed by atoms with Gasteiger partial charge >= 0.3 is 0 Å². The molecule has 1 fully saturated rings. The number of hydrazine groups is 1. The van der Waals surface area contributed by atoms with E-state index in [2.05, 4.69) is 10.4 Å². The van der Waals surface area contributed by atoms with E-state index >= 15 is 0 Å². The smallest absolute Gasteiger partial charge is 0.137 e. The summed E-state index contributed by atoms with van der Waals surface area (Å²) in [7, 11) is 0. The van der Waals surface area contributed by atoms with Gasteiger partial charge in [-0.3, -0.25) is 16.3 Å². The van der Waals surface area contributed by atoms with E-state index in [1.165, 1.54) is 0 Å². The first kappa shape index (κ1) is 13.3. The number of hydrogen-bond donors (Lipinski definition) is 2. The summed E-state index contributed by atoms with van der Waals surface area (Å²) in [6, 6.07) is 2.06. The molecule has 5 heteroatoms. The van der Waals surface area contributed by atoms with E-state index in [0.717, 1.165) is 37.4 Å². The summed E-state index contributed by atoms with van der Waals surface area (Å²) in [6.45, 7) is 4.19. The highest BCUT2D eigenvalue weighted by Crippen LogP contribution is 2.29. The maximum absolute atomic E-state index is 5.69. The van der Waals surface area contributed by atoms with Gasteiger partial charge in [-0.25, -0.2) is 0 Å². The Hall–Kier alpha value is -1.17. The van der Waals surface area contributed by atoms with E-state index < -0.39 is 0 Å².